The minimum Gasteiger partial charge on any atom is -0.465 e. The van der Waals surface area contributed by atoms with Gasteiger partial charge in [0.1, 0.15) is 19.8 Å². The van der Waals surface area contributed by atoms with Gasteiger partial charge < -0.3 is 18.9 Å². The van der Waals surface area contributed by atoms with E-state index in [0.717, 1.165) is 0 Å². The molecule has 0 aromatic heterocycles. The molecule has 7 nitrogen and oxygen atoms in total. The molecule has 0 aliphatic rings. The molecule has 0 radical (unpaired) electrons. The fourth-order valence-corrected chi connectivity index (χ4v) is 2.85. The van der Waals surface area contributed by atoms with Crippen LogP contribution in [0.5, 0.6) is 0 Å². The first-order valence-corrected chi connectivity index (χ1v) is 12.2. The second-order valence-corrected chi connectivity index (χ2v) is 11.5. The zero-order chi connectivity index (χ0) is 24.0. The highest BCUT2D eigenvalue weighted by atomic mass is 32.1. The van der Waals surface area contributed by atoms with Crippen LogP contribution in [0.1, 0.15) is 47.0 Å². The Hall–Kier alpha value is -0.230. The second-order valence-electron chi connectivity index (χ2n) is 8.01. The topological polar surface area (TPSA) is 88.1 Å². The highest BCUT2D eigenvalue weighted by molar-refractivity contribution is 7.81. The van der Waals surface area contributed by atoms with Crippen molar-refractivity contribution in [1.29, 1.82) is 0 Å². The summed E-state index contributed by atoms with van der Waals surface area (Å²) in [6, 6.07) is 0. The van der Waals surface area contributed by atoms with E-state index in [9.17, 15) is 14.4 Å². The van der Waals surface area contributed by atoms with Crippen LogP contribution in [0.25, 0.3) is 0 Å². The molecule has 0 rings (SSSR count). The molecule has 182 valence electrons. The first-order valence-electron chi connectivity index (χ1n) is 10.1. The average molecular weight is 517 g/mol. The molecule has 0 aliphatic carbocycles. The molecule has 4 atom stereocenters. The molecule has 0 heterocycles. The van der Waals surface area contributed by atoms with Gasteiger partial charge in [-0.2, -0.15) is 50.5 Å². The lowest BCUT2D eigenvalue weighted by molar-refractivity contribution is -0.167. The standard InChI is InChI=1S/C20H36O7S4/c1-13(28)5-17(21)25-10-20(9-24-8-16(4)31,11-26-18(22)6-14(2)29)12-27-19(23)7-15(3)30/h13-16,28-31H,5-12H2,1-4H3. The van der Waals surface area contributed by atoms with Crippen molar-refractivity contribution in [2.45, 2.75) is 68.0 Å². The largest absolute Gasteiger partial charge is 0.465 e. The average Bonchev–Trinajstić information content (AvgIpc) is 2.60. The van der Waals surface area contributed by atoms with Gasteiger partial charge in [0.05, 0.1) is 37.9 Å². The molecule has 0 aromatic rings. The molecule has 0 spiro atoms. The molecule has 0 saturated heterocycles. The van der Waals surface area contributed by atoms with Crippen LogP contribution < -0.4 is 0 Å². The normalized spacial score (nSPS) is 17.0. The van der Waals surface area contributed by atoms with E-state index in [1.165, 1.54) is 0 Å². The molecular weight excluding hydrogens is 480 g/mol. The Labute approximate surface area is 207 Å². The van der Waals surface area contributed by atoms with E-state index in [0.29, 0.717) is 6.61 Å². The van der Waals surface area contributed by atoms with Crippen LogP contribution in [0.15, 0.2) is 0 Å². The summed E-state index contributed by atoms with van der Waals surface area (Å²) in [6.07, 6.45) is 0.338. The minimum absolute atomic E-state index is 0.0366. The highest BCUT2D eigenvalue weighted by Gasteiger charge is 2.37. The molecule has 0 aliphatic heterocycles. The maximum Gasteiger partial charge on any atom is 0.306 e. The lowest BCUT2D eigenvalue weighted by atomic mass is 9.92. The van der Waals surface area contributed by atoms with Crippen molar-refractivity contribution in [3.63, 3.8) is 0 Å². The quantitative estimate of drug-likeness (QED) is 0.142. The Bertz CT molecular complexity index is 489. The fourth-order valence-electron chi connectivity index (χ4n) is 2.30. The number of rotatable bonds is 16. The minimum atomic E-state index is -1.07. The number of hydrogen-bond donors (Lipinski definition) is 4. The lowest BCUT2D eigenvalue weighted by Gasteiger charge is -2.32. The van der Waals surface area contributed by atoms with E-state index in [4.69, 9.17) is 18.9 Å². The third-order valence-electron chi connectivity index (χ3n) is 3.77. The van der Waals surface area contributed by atoms with Gasteiger partial charge in [0.25, 0.3) is 0 Å². The lowest BCUT2D eigenvalue weighted by Crippen LogP contribution is -2.44. The number of hydrogen-bond acceptors (Lipinski definition) is 11. The Morgan fingerprint density at radius 3 is 1.19 bits per heavy atom. The van der Waals surface area contributed by atoms with Crippen LogP contribution in [0.4, 0.5) is 0 Å². The first kappa shape index (κ1) is 30.8. The van der Waals surface area contributed by atoms with Crippen molar-refractivity contribution in [3.05, 3.63) is 0 Å². The maximum atomic E-state index is 12.1. The zero-order valence-corrected chi connectivity index (χ0v) is 22.2. The van der Waals surface area contributed by atoms with Gasteiger partial charge in [-0.05, 0) is 0 Å². The monoisotopic (exact) mass is 516 g/mol. The maximum absolute atomic E-state index is 12.1. The summed E-state index contributed by atoms with van der Waals surface area (Å²) in [6.45, 7) is 7.08. The smallest absolute Gasteiger partial charge is 0.306 e. The highest BCUT2D eigenvalue weighted by Crippen LogP contribution is 2.23. The van der Waals surface area contributed by atoms with E-state index < -0.39 is 23.3 Å². The van der Waals surface area contributed by atoms with Crippen LogP contribution in [0, 0.1) is 5.41 Å². The molecule has 0 fully saturated rings. The fraction of sp³-hybridized carbons (Fsp3) is 0.850. The summed E-state index contributed by atoms with van der Waals surface area (Å²) in [5.74, 6) is -1.37. The van der Waals surface area contributed by atoms with Crippen molar-refractivity contribution < 1.29 is 33.3 Å². The van der Waals surface area contributed by atoms with Crippen LogP contribution >= 0.6 is 50.5 Å². The third-order valence-corrected chi connectivity index (χ3v) is 4.47. The summed E-state index contributed by atoms with van der Waals surface area (Å²) < 4.78 is 21.9. The van der Waals surface area contributed by atoms with Gasteiger partial charge in [-0.3, -0.25) is 14.4 Å². The van der Waals surface area contributed by atoms with Crippen molar-refractivity contribution in [2.24, 2.45) is 5.41 Å². The van der Waals surface area contributed by atoms with Gasteiger partial charge in [-0.15, -0.1) is 0 Å². The SMILES string of the molecule is CC(S)COCC(COC(=O)CC(C)S)(COC(=O)CC(C)S)COC(=O)CC(C)S. The second kappa shape index (κ2) is 16.4. The summed E-state index contributed by atoms with van der Waals surface area (Å²) in [7, 11) is 0. The van der Waals surface area contributed by atoms with Crippen molar-refractivity contribution in [3.8, 4) is 0 Å². The third kappa shape index (κ3) is 17.0. The first-order chi connectivity index (χ1) is 14.3. The Morgan fingerprint density at radius 2 is 0.935 bits per heavy atom. The summed E-state index contributed by atoms with van der Waals surface area (Å²) in [5.41, 5.74) is -1.07. The molecule has 0 N–H and O–H groups in total. The van der Waals surface area contributed by atoms with Gasteiger partial charge in [0.2, 0.25) is 0 Å². The Morgan fingerprint density at radius 1 is 0.613 bits per heavy atom. The van der Waals surface area contributed by atoms with Crippen LogP contribution in [0.3, 0.4) is 0 Å². The van der Waals surface area contributed by atoms with Crippen LogP contribution in [-0.2, 0) is 33.3 Å². The summed E-state index contributed by atoms with van der Waals surface area (Å²) in [5, 5.41) is -0.557. The van der Waals surface area contributed by atoms with Crippen LogP contribution in [0.2, 0.25) is 0 Å². The number of carbonyl (C=O) groups is 3. The van der Waals surface area contributed by atoms with Crippen molar-refractivity contribution >= 4 is 68.4 Å². The summed E-state index contributed by atoms with van der Waals surface area (Å²) in [4.78, 5) is 36.3. The van der Waals surface area contributed by atoms with E-state index in [1.54, 1.807) is 20.8 Å². The van der Waals surface area contributed by atoms with E-state index in [1.807, 2.05) is 6.92 Å². The predicted octanol–water partition coefficient (Wildman–Crippen LogP) is 3.06. The number of ether oxygens (including phenoxy) is 4. The van der Waals surface area contributed by atoms with Gasteiger partial charge in [-0.1, -0.05) is 27.7 Å². The van der Waals surface area contributed by atoms with Gasteiger partial charge in [-0.25, -0.2) is 0 Å². The van der Waals surface area contributed by atoms with Gasteiger partial charge >= 0.3 is 17.9 Å². The Balaban J connectivity index is 5.41. The van der Waals surface area contributed by atoms with Crippen LogP contribution in [-0.4, -0.2) is 71.9 Å². The summed E-state index contributed by atoms with van der Waals surface area (Å²) >= 11 is 16.9. The van der Waals surface area contributed by atoms with Gasteiger partial charge in [0.15, 0.2) is 0 Å². The molecule has 0 bridgehead atoms. The molecular formula is C20H36O7S4. The molecule has 0 aromatic carbocycles. The molecule has 4 unspecified atom stereocenters. The van der Waals surface area contributed by atoms with E-state index >= 15 is 0 Å². The molecule has 0 amide bonds. The zero-order valence-electron chi connectivity index (χ0n) is 18.6. The number of thiol groups is 4. The number of carbonyl (C=O) groups excluding carboxylic acids is 3. The van der Waals surface area contributed by atoms with Crippen molar-refractivity contribution in [2.75, 3.05) is 33.0 Å². The Kier molecular flexibility index (Phi) is 16.3. The molecule has 11 heteroatoms. The van der Waals surface area contributed by atoms with E-state index in [2.05, 4.69) is 50.5 Å². The van der Waals surface area contributed by atoms with Crippen molar-refractivity contribution in [1.82, 2.24) is 0 Å². The number of esters is 3. The predicted molar refractivity (Wildman–Crippen MR) is 134 cm³/mol. The molecule has 31 heavy (non-hydrogen) atoms. The van der Waals surface area contributed by atoms with Gasteiger partial charge in [0, 0.05) is 21.0 Å². The van der Waals surface area contributed by atoms with E-state index in [-0.39, 0.29) is 66.7 Å². The molecule has 0 saturated carbocycles.